The Morgan fingerprint density at radius 2 is 1.81 bits per heavy atom. The van der Waals surface area contributed by atoms with E-state index < -0.39 is 11.7 Å². The molecular formula is C21H20FN3O2. The quantitative estimate of drug-likeness (QED) is 0.768. The molecule has 6 heteroatoms. The monoisotopic (exact) mass is 365 g/mol. The van der Waals surface area contributed by atoms with Crippen molar-refractivity contribution in [2.45, 2.75) is 27.3 Å². The molecule has 5 nitrogen and oxygen atoms in total. The van der Waals surface area contributed by atoms with Crippen molar-refractivity contribution in [1.82, 2.24) is 9.78 Å². The largest absolute Gasteiger partial charge is 0.324 e. The maximum absolute atomic E-state index is 13.6. The number of halogens is 1. The van der Waals surface area contributed by atoms with Gasteiger partial charge in [0, 0.05) is 17.3 Å². The summed E-state index contributed by atoms with van der Waals surface area (Å²) in [5.41, 5.74) is 4.13. The summed E-state index contributed by atoms with van der Waals surface area (Å²) in [5.74, 6) is -0.856. The van der Waals surface area contributed by atoms with Crippen molar-refractivity contribution >= 4 is 11.6 Å². The lowest BCUT2D eigenvalue weighted by Crippen LogP contribution is -2.29. The third-order valence-electron chi connectivity index (χ3n) is 4.27. The molecule has 0 fully saturated rings. The second kappa shape index (κ2) is 7.53. The van der Waals surface area contributed by atoms with E-state index in [2.05, 4.69) is 10.4 Å². The molecule has 2 aromatic carbocycles. The molecule has 3 rings (SSSR count). The number of hydrogen-bond donors (Lipinski definition) is 1. The third kappa shape index (κ3) is 4.28. The first-order valence-corrected chi connectivity index (χ1v) is 8.55. The van der Waals surface area contributed by atoms with Gasteiger partial charge in [-0.3, -0.25) is 9.59 Å². The number of nitrogens with one attached hydrogen (secondary N) is 1. The molecule has 0 aliphatic rings. The van der Waals surface area contributed by atoms with Crippen LogP contribution >= 0.6 is 0 Å². The van der Waals surface area contributed by atoms with Crippen molar-refractivity contribution in [2.75, 3.05) is 5.32 Å². The highest BCUT2D eigenvalue weighted by Crippen LogP contribution is 2.21. The number of amides is 1. The van der Waals surface area contributed by atoms with E-state index in [1.165, 1.54) is 12.1 Å². The maximum Gasteiger partial charge on any atom is 0.267 e. The van der Waals surface area contributed by atoms with Crippen LogP contribution in [0.3, 0.4) is 0 Å². The number of hydrogen-bond acceptors (Lipinski definition) is 3. The van der Waals surface area contributed by atoms with Crippen LogP contribution in [-0.2, 0) is 11.3 Å². The zero-order valence-electron chi connectivity index (χ0n) is 15.4. The second-order valence-corrected chi connectivity index (χ2v) is 6.54. The van der Waals surface area contributed by atoms with Gasteiger partial charge in [-0.05, 0) is 50.1 Å². The highest BCUT2D eigenvalue weighted by molar-refractivity contribution is 5.90. The Balaban J connectivity index is 1.83. The minimum Gasteiger partial charge on any atom is -0.324 e. The number of nitrogens with zero attached hydrogens (tertiary/aromatic N) is 2. The summed E-state index contributed by atoms with van der Waals surface area (Å²) in [7, 11) is 0. The predicted molar refractivity (Wildman–Crippen MR) is 103 cm³/mol. The number of aryl methyl sites for hydroxylation is 3. The normalized spacial score (nSPS) is 10.7. The van der Waals surface area contributed by atoms with Crippen LogP contribution in [0.5, 0.6) is 0 Å². The van der Waals surface area contributed by atoms with Crippen LogP contribution in [0.1, 0.15) is 16.7 Å². The van der Waals surface area contributed by atoms with Crippen LogP contribution in [0.2, 0.25) is 0 Å². The predicted octanol–water partition coefficient (Wildman–Crippen LogP) is 3.61. The molecule has 0 saturated heterocycles. The van der Waals surface area contributed by atoms with Crippen molar-refractivity contribution in [2.24, 2.45) is 0 Å². The fourth-order valence-electron chi connectivity index (χ4n) is 2.81. The fourth-order valence-corrected chi connectivity index (χ4v) is 2.81. The van der Waals surface area contributed by atoms with Crippen LogP contribution in [-0.4, -0.2) is 15.7 Å². The first-order valence-electron chi connectivity index (χ1n) is 8.55. The van der Waals surface area contributed by atoms with Crippen LogP contribution < -0.4 is 10.9 Å². The molecule has 0 bridgehead atoms. The summed E-state index contributed by atoms with van der Waals surface area (Å²) >= 11 is 0. The van der Waals surface area contributed by atoms with E-state index in [1.807, 2.05) is 32.0 Å². The lowest BCUT2D eigenvalue weighted by atomic mass is 10.0. The van der Waals surface area contributed by atoms with Crippen LogP contribution in [0.15, 0.2) is 53.3 Å². The van der Waals surface area contributed by atoms with Gasteiger partial charge < -0.3 is 5.32 Å². The van der Waals surface area contributed by atoms with Gasteiger partial charge in [0.25, 0.3) is 5.56 Å². The van der Waals surface area contributed by atoms with E-state index >= 15 is 0 Å². The van der Waals surface area contributed by atoms with E-state index in [9.17, 15) is 14.0 Å². The average molecular weight is 365 g/mol. The molecule has 0 saturated carbocycles. The Morgan fingerprint density at radius 1 is 1.04 bits per heavy atom. The van der Waals surface area contributed by atoms with Crippen molar-refractivity contribution in [3.05, 3.63) is 81.4 Å². The lowest BCUT2D eigenvalue weighted by molar-refractivity contribution is -0.117. The van der Waals surface area contributed by atoms with Gasteiger partial charge in [0.05, 0.1) is 5.69 Å². The van der Waals surface area contributed by atoms with Crippen molar-refractivity contribution in [3.63, 3.8) is 0 Å². The highest BCUT2D eigenvalue weighted by Gasteiger charge is 2.10. The number of carbonyl (C=O) groups is 1. The van der Waals surface area contributed by atoms with E-state index in [-0.39, 0.29) is 12.1 Å². The molecule has 138 valence electrons. The minimum absolute atomic E-state index is 0.257. The van der Waals surface area contributed by atoms with Crippen LogP contribution in [0.4, 0.5) is 10.1 Å². The van der Waals surface area contributed by atoms with Gasteiger partial charge >= 0.3 is 0 Å². The zero-order valence-corrected chi connectivity index (χ0v) is 15.4. The van der Waals surface area contributed by atoms with E-state index in [0.717, 1.165) is 21.4 Å². The highest BCUT2D eigenvalue weighted by atomic mass is 19.1. The summed E-state index contributed by atoms with van der Waals surface area (Å²) in [6, 6.07) is 13.4. The number of rotatable bonds is 4. The molecule has 0 unspecified atom stereocenters. The molecule has 3 aromatic rings. The molecule has 0 aliphatic heterocycles. The standard InChI is InChI=1S/C21H20FN3O2/c1-13-4-7-17(15(3)10-13)19-8-9-21(27)25(24-19)12-20(26)23-16-6-5-14(2)18(22)11-16/h4-11H,12H2,1-3H3,(H,23,26). The van der Waals surface area contributed by atoms with Crippen molar-refractivity contribution < 1.29 is 9.18 Å². The molecule has 1 aromatic heterocycles. The van der Waals surface area contributed by atoms with Gasteiger partial charge in [-0.15, -0.1) is 0 Å². The van der Waals surface area contributed by atoms with Gasteiger partial charge in [-0.2, -0.15) is 5.10 Å². The molecule has 0 spiro atoms. The Bertz CT molecular complexity index is 1070. The fraction of sp³-hybridized carbons (Fsp3) is 0.190. The molecule has 27 heavy (non-hydrogen) atoms. The molecule has 0 aliphatic carbocycles. The smallest absolute Gasteiger partial charge is 0.267 e. The van der Waals surface area contributed by atoms with Gasteiger partial charge in [0.1, 0.15) is 12.4 Å². The summed E-state index contributed by atoms with van der Waals surface area (Å²) in [4.78, 5) is 24.3. The number of anilines is 1. The molecule has 0 atom stereocenters. The van der Waals surface area contributed by atoms with E-state index in [1.54, 1.807) is 25.1 Å². The van der Waals surface area contributed by atoms with Crippen LogP contribution in [0, 0.1) is 26.6 Å². The number of aromatic nitrogens is 2. The van der Waals surface area contributed by atoms with E-state index in [0.29, 0.717) is 16.9 Å². The third-order valence-corrected chi connectivity index (χ3v) is 4.27. The Kier molecular flexibility index (Phi) is 5.16. The first-order chi connectivity index (χ1) is 12.8. The topological polar surface area (TPSA) is 64.0 Å². The average Bonchev–Trinajstić information content (AvgIpc) is 2.60. The molecule has 1 heterocycles. The van der Waals surface area contributed by atoms with Gasteiger partial charge in [0.15, 0.2) is 0 Å². The van der Waals surface area contributed by atoms with E-state index in [4.69, 9.17) is 0 Å². The van der Waals surface area contributed by atoms with Crippen LogP contribution in [0.25, 0.3) is 11.3 Å². The Hall–Kier alpha value is -3.28. The SMILES string of the molecule is Cc1ccc(-c2ccc(=O)n(CC(=O)Nc3ccc(C)c(F)c3)n2)c(C)c1. The minimum atomic E-state index is -0.453. The number of benzene rings is 2. The summed E-state index contributed by atoms with van der Waals surface area (Å²) in [6.45, 7) is 5.36. The summed E-state index contributed by atoms with van der Waals surface area (Å²) in [6.07, 6.45) is 0. The second-order valence-electron chi connectivity index (χ2n) is 6.54. The lowest BCUT2D eigenvalue weighted by Gasteiger charge is -2.10. The molecule has 1 amide bonds. The number of carbonyl (C=O) groups excluding carboxylic acids is 1. The summed E-state index contributed by atoms with van der Waals surface area (Å²) in [5, 5.41) is 6.90. The van der Waals surface area contributed by atoms with Gasteiger partial charge in [-0.25, -0.2) is 9.07 Å². The molecule has 0 radical (unpaired) electrons. The zero-order chi connectivity index (χ0) is 19.6. The van der Waals surface area contributed by atoms with Gasteiger partial charge in [0.2, 0.25) is 5.91 Å². The Labute approximate surface area is 156 Å². The summed E-state index contributed by atoms with van der Waals surface area (Å²) < 4.78 is 14.7. The maximum atomic E-state index is 13.6. The molecular weight excluding hydrogens is 345 g/mol. The van der Waals surface area contributed by atoms with Crippen molar-refractivity contribution in [1.29, 1.82) is 0 Å². The van der Waals surface area contributed by atoms with Crippen molar-refractivity contribution in [3.8, 4) is 11.3 Å². The Morgan fingerprint density at radius 3 is 2.52 bits per heavy atom. The molecule has 1 N–H and O–H groups in total. The first kappa shape index (κ1) is 18.5. The van der Waals surface area contributed by atoms with Gasteiger partial charge in [-0.1, -0.05) is 29.8 Å².